The highest BCUT2D eigenvalue weighted by Crippen LogP contribution is 2.25. The lowest BCUT2D eigenvalue weighted by atomic mass is 9.96. The lowest BCUT2D eigenvalue weighted by Gasteiger charge is -2.31. The third-order valence-corrected chi connectivity index (χ3v) is 6.77. The fourth-order valence-corrected chi connectivity index (χ4v) is 4.58. The molecule has 6 nitrogen and oxygen atoms in total. The van der Waals surface area contributed by atoms with Gasteiger partial charge in [0.2, 0.25) is 10.0 Å². The minimum atomic E-state index is -3.13. The Morgan fingerprint density at radius 3 is 2.79 bits per heavy atom. The van der Waals surface area contributed by atoms with Crippen molar-refractivity contribution < 1.29 is 13.2 Å². The molecule has 0 aromatic heterocycles. The van der Waals surface area contributed by atoms with Crippen LogP contribution in [0, 0.1) is 0 Å². The van der Waals surface area contributed by atoms with E-state index in [2.05, 4.69) is 10.6 Å². The second-order valence-corrected chi connectivity index (χ2v) is 8.67. The van der Waals surface area contributed by atoms with E-state index >= 15 is 0 Å². The summed E-state index contributed by atoms with van der Waals surface area (Å²) in [4.78, 5) is 12.6. The predicted octanol–water partition coefficient (Wildman–Crippen LogP) is 1.59. The lowest BCUT2D eigenvalue weighted by molar-refractivity contribution is 0.0923. The number of carbonyl (C=O) groups excluding carboxylic acids is 1. The maximum atomic E-state index is 12.6. The monoisotopic (exact) mass is 351 g/mol. The van der Waals surface area contributed by atoms with Gasteiger partial charge in [-0.05, 0) is 50.3 Å². The van der Waals surface area contributed by atoms with Crippen molar-refractivity contribution in [2.45, 2.75) is 38.6 Å². The summed E-state index contributed by atoms with van der Waals surface area (Å²) in [7, 11) is -3.13. The van der Waals surface area contributed by atoms with Crippen LogP contribution in [-0.2, 0) is 16.4 Å². The molecule has 1 amide bonds. The first-order chi connectivity index (χ1) is 11.5. The average Bonchev–Trinajstić information content (AvgIpc) is 2.61. The highest BCUT2D eigenvalue weighted by Gasteiger charge is 2.28. The molecule has 0 radical (unpaired) electrons. The predicted molar refractivity (Wildman–Crippen MR) is 94.8 cm³/mol. The van der Waals surface area contributed by atoms with Gasteiger partial charge in [-0.2, -0.15) is 0 Å². The Kier molecular flexibility index (Phi) is 5.10. The van der Waals surface area contributed by atoms with Crippen LogP contribution in [0.4, 0.5) is 5.69 Å². The van der Waals surface area contributed by atoms with Crippen molar-refractivity contribution in [2.24, 2.45) is 0 Å². The van der Waals surface area contributed by atoms with Gasteiger partial charge in [0.05, 0.1) is 5.75 Å². The molecule has 2 aliphatic rings. The van der Waals surface area contributed by atoms with Crippen LogP contribution in [0.5, 0.6) is 0 Å². The molecule has 3 rings (SSSR count). The van der Waals surface area contributed by atoms with E-state index in [0.717, 1.165) is 36.2 Å². The molecule has 132 valence electrons. The number of hydrogen-bond acceptors (Lipinski definition) is 4. The third-order valence-electron chi connectivity index (χ3n) is 4.89. The van der Waals surface area contributed by atoms with Crippen molar-refractivity contribution in [3.05, 3.63) is 29.3 Å². The van der Waals surface area contributed by atoms with Crippen LogP contribution in [-0.4, -0.2) is 50.1 Å². The van der Waals surface area contributed by atoms with Gasteiger partial charge in [0.1, 0.15) is 0 Å². The molecular formula is C17H25N3O3S. The second kappa shape index (κ2) is 7.11. The summed E-state index contributed by atoms with van der Waals surface area (Å²) in [5.41, 5.74) is 2.88. The van der Waals surface area contributed by atoms with E-state index in [1.165, 1.54) is 4.31 Å². The number of sulfonamides is 1. The smallest absolute Gasteiger partial charge is 0.251 e. The molecule has 0 unspecified atom stereocenters. The highest BCUT2D eigenvalue weighted by atomic mass is 32.2. The third kappa shape index (κ3) is 3.57. The number of amides is 1. The molecule has 0 saturated carbocycles. The molecule has 1 aromatic rings. The van der Waals surface area contributed by atoms with Crippen LogP contribution >= 0.6 is 0 Å². The maximum absolute atomic E-state index is 12.6. The highest BCUT2D eigenvalue weighted by molar-refractivity contribution is 7.89. The number of carbonyl (C=O) groups is 1. The first-order valence-corrected chi connectivity index (χ1v) is 10.3. The van der Waals surface area contributed by atoms with E-state index in [0.29, 0.717) is 25.9 Å². The zero-order valence-electron chi connectivity index (χ0n) is 14.0. The van der Waals surface area contributed by atoms with E-state index in [1.807, 2.05) is 18.2 Å². The zero-order valence-corrected chi connectivity index (χ0v) is 14.9. The fraction of sp³-hybridized carbons (Fsp3) is 0.588. The molecule has 0 aliphatic carbocycles. The van der Waals surface area contributed by atoms with Gasteiger partial charge in [-0.15, -0.1) is 0 Å². The van der Waals surface area contributed by atoms with Gasteiger partial charge in [-0.3, -0.25) is 4.79 Å². The van der Waals surface area contributed by atoms with Crippen molar-refractivity contribution in [3.8, 4) is 0 Å². The quantitative estimate of drug-likeness (QED) is 0.863. The minimum Gasteiger partial charge on any atom is -0.385 e. The second-order valence-electron chi connectivity index (χ2n) is 6.41. The molecule has 1 saturated heterocycles. The summed E-state index contributed by atoms with van der Waals surface area (Å²) in [6, 6.07) is 5.83. The number of fused-ring (bicyclic) bond motifs is 1. The van der Waals surface area contributed by atoms with Crippen LogP contribution in [0.15, 0.2) is 18.2 Å². The fourth-order valence-electron chi connectivity index (χ4n) is 3.45. The van der Waals surface area contributed by atoms with E-state index in [-0.39, 0.29) is 17.7 Å². The number of nitrogens with one attached hydrogen (secondary N) is 2. The van der Waals surface area contributed by atoms with Gasteiger partial charge < -0.3 is 10.6 Å². The number of nitrogens with zero attached hydrogens (tertiary/aromatic N) is 1. The van der Waals surface area contributed by atoms with E-state index < -0.39 is 10.0 Å². The number of piperidine rings is 1. The van der Waals surface area contributed by atoms with Crippen LogP contribution in [0.25, 0.3) is 0 Å². The van der Waals surface area contributed by atoms with Gasteiger partial charge in [-0.1, -0.05) is 6.07 Å². The number of benzene rings is 1. The molecule has 0 spiro atoms. The first kappa shape index (κ1) is 17.2. The van der Waals surface area contributed by atoms with Gasteiger partial charge >= 0.3 is 0 Å². The zero-order chi connectivity index (χ0) is 17.2. The first-order valence-electron chi connectivity index (χ1n) is 8.65. The molecule has 0 atom stereocenters. The summed E-state index contributed by atoms with van der Waals surface area (Å²) >= 11 is 0. The van der Waals surface area contributed by atoms with Gasteiger partial charge in [0.25, 0.3) is 5.91 Å². The van der Waals surface area contributed by atoms with Crippen LogP contribution < -0.4 is 10.6 Å². The molecule has 2 heterocycles. The minimum absolute atomic E-state index is 0.0354. The molecule has 0 bridgehead atoms. The van der Waals surface area contributed by atoms with Crippen LogP contribution in [0.2, 0.25) is 0 Å². The Bertz CT molecular complexity index is 710. The van der Waals surface area contributed by atoms with Crippen LogP contribution in [0.1, 0.15) is 42.1 Å². The number of anilines is 1. The van der Waals surface area contributed by atoms with Crippen molar-refractivity contribution in [1.29, 1.82) is 0 Å². The number of hydrogen-bond donors (Lipinski definition) is 2. The van der Waals surface area contributed by atoms with Crippen molar-refractivity contribution in [2.75, 3.05) is 30.7 Å². The Morgan fingerprint density at radius 2 is 2.08 bits per heavy atom. The van der Waals surface area contributed by atoms with Gasteiger partial charge in [0, 0.05) is 36.9 Å². The van der Waals surface area contributed by atoms with Crippen molar-refractivity contribution in [3.63, 3.8) is 0 Å². The molecule has 2 aliphatic heterocycles. The lowest BCUT2D eigenvalue weighted by Crippen LogP contribution is -2.47. The maximum Gasteiger partial charge on any atom is 0.251 e. The Labute approximate surface area is 143 Å². The van der Waals surface area contributed by atoms with E-state index in [4.69, 9.17) is 0 Å². The van der Waals surface area contributed by atoms with Crippen molar-refractivity contribution >= 4 is 21.6 Å². The Hall–Kier alpha value is -1.60. The Balaban J connectivity index is 1.63. The van der Waals surface area contributed by atoms with Gasteiger partial charge in [-0.25, -0.2) is 12.7 Å². The molecule has 7 heteroatoms. The molecule has 24 heavy (non-hydrogen) atoms. The molecule has 2 N–H and O–H groups in total. The van der Waals surface area contributed by atoms with E-state index in [1.54, 1.807) is 6.92 Å². The molecule has 1 fully saturated rings. The van der Waals surface area contributed by atoms with Crippen molar-refractivity contribution in [1.82, 2.24) is 9.62 Å². The average molecular weight is 351 g/mol. The summed E-state index contributed by atoms with van der Waals surface area (Å²) in [5.74, 6) is 0.0834. The standard InChI is InChI=1S/C17H25N3O3S/c1-2-24(22,23)20-11-8-13(9-12-20)19-17(21)15-5-3-7-16-14(15)6-4-10-18-16/h3,5,7,13,18H,2,4,6,8-12H2,1H3,(H,19,21). The van der Waals surface area contributed by atoms with E-state index in [9.17, 15) is 13.2 Å². The Morgan fingerprint density at radius 1 is 1.33 bits per heavy atom. The summed E-state index contributed by atoms with van der Waals surface area (Å²) in [5, 5.41) is 6.42. The summed E-state index contributed by atoms with van der Waals surface area (Å²) < 4.78 is 25.3. The summed E-state index contributed by atoms with van der Waals surface area (Å²) in [6.07, 6.45) is 3.28. The van der Waals surface area contributed by atoms with Crippen LogP contribution in [0.3, 0.4) is 0 Å². The summed E-state index contributed by atoms with van der Waals surface area (Å²) in [6.45, 7) is 3.57. The SMILES string of the molecule is CCS(=O)(=O)N1CCC(NC(=O)c2cccc3c2CCCN3)CC1. The normalized spacial score (nSPS) is 19.4. The largest absolute Gasteiger partial charge is 0.385 e. The molecular weight excluding hydrogens is 326 g/mol. The van der Waals surface area contributed by atoms with Gasteiger partial charge in [0.15, 0.2) is 0 Å². The topological polar surface area (TPSA) is 78.5 Å². The molecule has 1 aromatic carbocycles. The number of rotatable bonds is 4.